The molecule has 1 N–H and O–H groups in total. The van der Waals surface area contributed by atoms with E-state index in [0.29, 0.717) is 18.1 Å². The fourth-order valence-electron chi connectivity index (χ4n) is 2.10. The van der Waals surface area contributed by atoms with Crippen LogP contribution in [0.4, 0.5) is 5.69 Å². The van der Waals surface area contributed by atoms with Crippen molar-refractivity contribution in [3.8, 4) is 5.75 Å². The highest BCUT2D eigenvalue weighted by molar-refractivity contribution is 7.99. The molecule has 0 saturated heterocycles. The maximum atomic E-state index is 12.0. The van der Waals surface area contributed by atoms with Gasteiger partial charge < -0.3 is 10.1 Å². The van der Waals surface area contributed by atoms with E-state index in [2.05, 4.69) is 30.4 Å². The van der Waals surface area contributed by atoms with Crippen LogP contribution in [-0.2, 0) is 10.5 Å². The van der Waals surface area contributed by atoms with Gasteiger partial charge in [0, 0.05) is 5.75 Å². The van der Waals surface area contributed by atoms with Crippen LogP contribution in [-0.4, -0.2) is 18.3 Å². The van der Waals surface area contributed by atoms with Gasteiger partial charge in [0.2, 0.25) is 5.91 Å². The van der Waals surface area contributed by atoms with Crippen LogP contribution in [0, 0.1) is 6.92 Å². The average molecular weight is 315 g/mol. The molecule has 0 atom stereocenters. The number of aryl methyl sites for hydroxylation is 1. The van der Waals surface area contributed by atoms with Gasteiger partial charge in [-0.3, -0.25) is 4.79 Å². The van der Waals surface area contributed by atoms with E-state index in [1.54, 1.807) is 11.8 Å². The highest BCUT2D eigenvalue weighted by Crippen LogP contribution is 2.24. The monoisotopic (exact) mass is 315 g/mol. The van der Waals surface area contributed by atoms with Crippen molar-refractivity contribution in [3.05, 3.63) is 59.7 Å². The molecule has 22 heavy (non-hydrogen) atoms. The summed E-state index contributed by atoms with van der Waals surface area (Å²) in [5, 5.41) is 2.91. The van der Waals surface area contributed by atoms with Crippen molar-refractivity contribution < 1.29 is 9.53 Å². The summed E-state index contributed by atoms with van der Waals surface area (Å²) in [6, 6.07) is 15.9. The zero-order valence-electron chi connectivity index (χ0n) is 13.0. The van der Waals surface area contributed by atoms with Gasteiger partial charge in [-0.2, -0.15) is 0 Å². The SMILES string of the molecule is CCOc1ccccc1NC(=O)CSCc1cccc(C)c1. The number of anilines is 1. The molecule has 3 nitrogen and oxygen atoms in total. The standard InChI is InChI=1S/C18H21NO2S/c1-3-21-17-10-5-4-9-16(17)19-18(20)13-22-12-15-8-6-7-14(2)11-15/h4-11H,3,12-13H2,1-2H3,(H,19,20). The molecule has 116 valence electrons. The van der Waals surface area contributed by atoms with E-state index in [1.807, 2.05) is 37.3 Å². The summed E-state index contributed by atoms with van der Waals surface area (Å²) in [6.45, 7) is 4.58. The molecule has 0 saturated carbocycles. The third-order valence-corrected chi connectivity index (χ3v) is 4.05. The van der Waals surface area contributed by atoms with Crippen LogP contribution in [0.3, 0.4) is 0 Å². The summed E-state index contributed by atoms with van der Waals surface area (Å²) >= 11 is 1.61. The molecule has 2 rings (SSSR count). The fourth-order valence-corrected chi connectivity index (χ4v) is 2.88. The summed E-state index contributed by atoms with van der Waals surface area (Å²) in [5.41, 5.74) is 3.21. The Morgan fingerprint density at radius 2 is 2.00 bits per heavy atom. The number of rotatable bonds is 7. The zero-order chi connectivity index (χ0) is 15.8. The molecule has 0 fully saturated rings. The Bertz CT molecular complexity index is 628. The van der Waals surface area contributed by atoms with Crippen molar-refractivity contribution in [1.82, 2.24) is 0 Å². The quantitative estimate of drug-likeness (QED) is 0.829. The number of thioether (sulfide) groups is 1. The first-order chi connectivity index (χ1) is 10.7. The summed E-state index contributed by atoms with van der Waals surface area (Å²) in [4.78, 5) is 12.0. The normalized spacial score (nSPS) is 10.3. The van der Waals surface area contributed by atoms with Crippen molar-refractivity contribution in [3.63, 3.8) is 0 Å². The van der Waals surface area contributed by atoms with Crippen LogP contribution < -0.4 is 10.1 Å². The Morgan fingerprint density at radius 3 is 2.77 bits per heavy atom. The maximum absolute atomic E-state index is 12.0. The fraction of sp³-hybridized carbons (Fsp3) is 0.278. The predicted molar refractivity (Wildman–Crippen MR) is 93.6 cm³/mol. The lowest BCUT2D eigenvalue weighted by Gasteiger charge is -2.11. The number of hydrogen-bond acceptors (Lipinski definition) is 3. The van der Waals surface area contributed by atoms with E-state index in [0.717, 1.165) is 11.4 Å². The van der Waals surface area contributed by atoms with Gasteiger partial charge in [-0.1, -0.05) is 42.0 Å². The van der Waals surface area contributed by atoms with Gasteiger partial charge in [0.15, 0.2) is 0 Å². The lowest BCUT2D eigenvalue weighted by atomic mass is 10.2. The Hall–Kier alpha value is -1.94. The molecule has 0 radical (unpaired) electrons. The van der Waals surface area contributed by atoms with Gasteiger partial charge in [-0.05, 0) is 31.5 Å². The topological polar surface area (TPSA) is 38.3 Å². The van der Waals surface area contributed by atoms with E-state index in [9.17, 15) is 4.79 Å². The molecule has 0 aliphatic carbocycles. The number of carbonyl (C=O) groups excluding carboxylic acids is 1. The minimum atomic E-state index is -0.00944. The second kappa shape index (κ2) is 8.49. The molecule has 0 heterocycles. The molecule has 1 amide bonds. The van der Waals surface area contributed by atoms with Gasteiger partial charge in [-0.15, -0.1) is 11.8 Å². The maximum Gasteiger partial charge on any atom is 0.234 e. The average Bonchev–Trinajstić information content (AvgIpc) is 2.49. The molecule has 0 aliphatic heterocycles. The first-order valence-electron chi connectivity index (χ1n) is 7.34. The predicted octanol–water partition coefficient (Wildman–Crippen LogP) is 4.27. The van der Waals surface area contributed by atoms with E-state index < -0.39 is 0 Å². The largest absolute Gasteiger partial charge is 0.492 e. The minimum absolute atomic E-state index is 0.00944. The number of amides is 1. The molecule has 0 spiro atoms. The molecule has 4 heteroatoms. The molecule has 0 aliphatic rings. The first kappa shape index (κ1) is 16.4. The number of para-hydroxylation sites is 2. The number of ether oxygens (including phenoxy) is 1. The summed E-state index contributed by atoms with van der Waals surface area (Å²) in [5.74, 6) is 1.96. The minimum Gasteiger partial charge on any atom is -0.492 e. The summed E-state index contributed by atoms with van der Waals surface area (Å²) in [7, 11) is 0. The van der Waals surface area contributed by atoms with Crippen molar-refractivity contribution in [2.45, 2.75) is 19.6 Å². The van der Waals surface area contributed by atoms with Gasteiger partial charge in [-0.25, -0.2) is 0 Å². The lowest BCUT2D eigenvalue weighted by molar-refractivity contribution is -0.113. The van der Waals surface area contributed by atoms with E-state index in [-0.39, 0.29) is 5.91 Å². The van der Waals surface area contributed by atoms with Gasteiger partial charge >= 0.3 is 0 Å². The second-order valence-electron chi connectivity index (χ2n) is 4.96. The number of carbonyl (C=O) groups is 1. The molecular weight excluding hydrogens is 294 g/mol. The molecule has 2 aromatic rings. The van der Waals surface area contributed by atoms with Crippen LogP contribution in [0.25, 0.3) is 0 Å². The van der Waals surface area contributed by atoms with Crippen LogP contribution in [0.1, 0.15) is 18.1 Å². The highest BCUT2D eigenvalue weighted by atomic mass is 32.2. The first-order valence-corrected chi connectivity index (χ1v) is 8.49. The lowest BCUT2D eigenvalue weighted by Crippen LogP contribution is -2.15. The number of nitrogens with one attached hydrogen (secondary N) is 1. The molecule has 0 aromatic heterocycles. The third-order valence-electron chi connectivity index (χ3n) is 3.05. The molecule has 0 unspecified atom stereocenters. The molecular formula is C18H21NO2S. The van der Waals surface area contributed by atoms with E-state index >= 15 is 0 Å². The number of hydrogen-bond donors (Lipinski definition) is 1. The van der Waals surface area contributed by atoms with Crippen molar-refractivity contribution in [2.24, 2.45) is 0 Å². The van der Waals surface area contributed by atoms with E-state index in [4.69, 9.17) is 4.74 Å². The Balaban J connectivity index is 1.83. The highest BCUT2D eigenvalue weighted by Gasteiger charge is 2.07. The Labute approximate surface area is 136 Å². The summed E-state index contributed by atoms with van der Waals surface area (Å²) < 4.78 is 5.50. The Kier molecular flexibility index (Phi) is 6.34. The van der Waals surface area contributed by atoms with Crippen LogP contribution in [0.15, 0.2) is 48.5 Å². The summed E-state index contributed by atoms with van der Waals surface area (Å²) in [6.07, 6.45) is 0. The third kappa shape index (κ3) is 5.11. The molecule has 2 aromatic carbocycles. The zero-order valence-corrected chi connectivity index (χ0v) is 13.8. The van der Waals surface area contributed by atoms with Gasteiger partial charge in [0.25, 0.3) is 0 Å². The van der Waals surface area contributed by atoms with Crippen molar-refractivity contribution >= 4 is 23.4 Å². The van der Waals surface area contributed by atoms with Crippen molar-refractivity contribution in [2.75, 3.05) is 17.7 Å². The van der Waals surface area contributed by atoms with Crippen LogP contribution in [0.5, 0.6) is 5.75 Å². The van der Waals surface area contributed by atoms with Crippen LogP contribution >= 0.6 is 11.8 Å². The second-order valence-corrected chi connectivity index (χ2v) is 5.94. The smallest absolute Gasteiger partial charge is 0.234 e. The van der Waals surface area contributed by atoms with Crippen molar-refractivity contribution in [1.29, 1.82) is 0 Å². The Morgan fingerprint density at radius 1 is 1.18 bits per heavy atom. The number of benzene rings is 2. The van der Waals surface area contributed by atoms with Gasteiger partial charge in [0.1, 0.15) is 5.75 Å². The van der Waals surface area contributed by atoms with Gasteiger partial charge in [0.05, 0.1) is 18.0 Å². The van der Waals surface area contributed by atoms with Crippen LogP contribution in [0.2, 0.25) is 0 Å². The molecule has 0 bridgehead atoms. The van der Waals surface area contributed by atoms with E-state index in [1.165, 1.54) is 11.1 Å².